The summed E-state index contributed by atoms with van der Waals surface area (Å²) in [6.45, 7) is 11.4. The van der Waals surface area contributed by atoms with Gasteiger partial charge >= 0.3 is 17.9 Å². The summed E-state index contributed by atoms with van der Waals surface area (Å²) in [5.74, 6) is 0.798. The van der Waals surface area contributed by atoms with E-state index in [1.54, 1.807) is 0 Å². The molecular formula is C53H102O6. The Bertz CT molecular complexity index is 900. The fourth-order valence-corrected chi connectivity index (χ4v) is 7.99. The van der Waals surface area contributed by atoms with Crippen molar-refractivity contribution >= 4 is 17.9 Å². The molecule has 0 rings (SSSR count). The Balaban J connectivity index is 4.30. The van der Waals surface area contributed by atoms with Crippen LogP contribution in [0.15, 0.2) is 0 Å². The normalized spacial score (nSPS) is 12.1. The van der Waals surface area contributed by atoms with Gasteiger partial charge in [0.1, 0.15) is 13.2 Å². The SMILES string of the molecule is CCCCCCCCCCCCCCCC(=O)OC[C@H](COC(=O)CCCCCCCCCCCCCCCC(C)C)OC(=O)CCCCCCCCCCCC(C)C. The summed E-state index contributed by atoms with van der Waals surface area (Å²) in [5.41, 5.74) is 0. The zero-order chi connectivity index (χ0) is 43.3. The number of unbranched alkanes of at least 4 members (excludes halogenated alkanes) is 32. The lowest BCUT2D eigenvalue weighted by atomic mass is 10.0. The maximum Gasteiger partial charge on any atom is 0.306 e. The standard InChI is InChI=1S/C53H102O6/c1-6-7-8-9-10-11-12-14-18-23-28-33-38-43-51(54)57-46-50(59-53(56)45-40-35-30-25-20-22-27-32-37-42-49(4)5)47-58-52(55)44-39-34-29-24-19-16-13-15-17-21-26-31-36-41-48(2)3/h48-50H,6-47H2,1-5H3/t50-/m1/s1. The first-order chi connectivity index (χ1) is 28.7. The second-order valence-corrected chi connectivity index (χ2v) is 19.1. The van der Waals surface area contributed by atoms with Gasteiger partial charge in [0.25, 0.3) is 0 Å². The number of hydrogen-bond acceptors (Lipinski definition) is 6. The summed E-state index contributed by atoms with van der Waals surface area (Å²) in [6, 6.07) is 0. The molecule has 0 aliphatic carbocycles. The van der Waals surface area contributed by atoms with Gasteiger partial charge in [-0.25, -0.2) is 0 Å². The van der Waals surface area contributed by atoms with Crippen LogP contribution in [0, 0.1) is 11.8 Å². The number of carbonyl (C=O) groups is 3. The molecule has 1 atom stereocenters. The summed E-state index contributed by atoms with van der Waals surface area (Å²) in [4.78, 5) is 37.9. The highest BCUT2D eigenvalue weighted by molar-refractivity contribution is 5.71. The molecule has 0 aromatic carbocycles. The number of esters is 3. The number of ether oxygens (including phenoxy) is 3. The van der Waals surface area contributed by atoms with E-state index in [0.29, 0.717) is 19.3 Å². The van der Waals surface area contributed by atoms with E-state index in [1.807, 2.05) is 0 Å². The molecule has 0 unspecified atom stereocenters. The van der Waals surface area contributed by atoms with Gasteiger partial charge in [0.2, 0.25) is 0 Å². The third kappa shape index (κ3) is 47.3. The van der Waals surface area contributed by atoms with E-state index in [0.717, 1.165) is 69.6 Å². The van der Waals surface area contributed by atoms with Gasteiger partial charge in [0, 0.05) is 19.3 Å². The molecule has 0 spiro atoms. The Morgan fingerprint density at radius 1 is 0.322 bits per heavy atom. The predicted molar refractivity (Wildman–Crippen MR) is 252 cm³/mol. The minimum absolute atomic E-state index is 0.0637. The van der Waals surface area contributed by atoms with Crippen LogP contribution in [0.5, 0.6) is 0 Å². The van der Waals surface area contributed by atoms with Gasteiger partial charge in [-0.3, -0.25) is 14.4 Å². The van der Waals surface area contributed by atoms with Crippen molar-refractivity contribution < 1.29 is 28.6 Å². The average molecular weight is 835 g/mol. The number of hydrogen-bond donors (Lipinski definition) is 0. The van der Waals surface area contributed by atoms with Crippen molar-refractivity contribution in [2.24, 2.45) is 11.8 Å². The Morgan fingerprint density at radius 2 is 0.559 bits per heavy atom. The predicted octanol–water partition coefficient (Wildman–Crippen LogP) is 16.9. The van der Waals surface area contributed by atoms with Crippen molar-refractivity contribution in [2.45, 2.75) is 298 Å². The van der Waals surface area contributed by atoms with Crippen molar-refractivity contribution in [3.05, 3.63) is 0 Å². The van der Waals surface area contributed by atoms with Gasteiger partial charge in [-0.1, -0.05) is 253 Å². The molecule has 0 aromatic heterocycles. The lowest BCUT2D eigenvalue weighted by molar-refractivity contribution is -0.167. The van der Waals surface area contributed by atoms with E-state index in [2.05, 4.69) is 34.6 Å². The van der Waals surface area contributed by atoms with E-state index in [4.69, 9.17) is 14.2 Å². The molecule has 0 bridgehead atoms. The van der Waals surface area contributed by atoms with Crippen LogP contribution in [0.3, 0.4) is 0 Å². The van der Waals surface area contributed by atoms with Crippen molar-refractivity contribution in [3.63, 3.8) is 0 Å². The van der Waals surface area contributed by atoms with Crippen LogP contribution in [-0.2, 0) is 28.6 Å². The maximum atomic E-state index is 12.8. The van der Waals surface area contributed by atoms with Gasteiger partial charge in [-0.2, -0.15) is 0 Å². The molecule has 6 nitrogen and oxygen atoms in total. The highest BCUT2D eigenvalue weighted by Crippen LogP contribution is 2.17. The smallest absolute Gasteiger partial charge is 0.306 e. The van der Waals surface area contributed by atoms with Crippen molar-refractivity contribution in [1.29, 1.82) is 0 Å². The topological polar surface area (TPSA) is 78.9 Å². The van der Waals surface area contributed by atoms with Gasteiger partial charge < -0.3 is 14.2 Å². The number of carbonyl (C=O) groups excluding carboxylic acids is 3. The van der Waals surface area contributed by atoms with Gasteiger partial charge in [0.05, 0.1) is 0 Å². The Hall–Kier alpha value is -1.59. The van der Waals surface area contributed by atoms with E-state index in [1.165, 1.54) is 180 Å². The van der Waals surface area contributed by atoms with Crippen LogP contribution in [0.25, 0.3) is 0 Å². The third-order valence-electron chi connectivity index (χ3n) is 12.0. The average Bonchev–Trinajstić information content (AvgIpc) is 3.20. The molecule has 0 saturated heterocycles. The summed E-state index contributed by atoms with van der Waals surface area (Å²) in [5, 5.41) is 0. The molecule has 0 saturated carbocycles. The van der Waals surface area contributed by atoms with E-state index < -0.39 is 6.10 Å². The molecule has 0 aliphatic heterocycles. The Kier molecular flexibility index (Phi) is 44.7. The molecular weight excluding hydrogens is 733 g/mol. The molecule has 0 heterocycles. The van der Waals surface area contributed by atoms with E-state index in [-0.39, 0.29) is 31.1 Å². The third-order valence-corrected chi connectivity index (χ3v) is 12.0. The maximum absolute atomic E-state index is 12.8. The quantitative estimate of drug-likeness (QED) is 0.0345. The molecule has 0 radical (unpaired) electrons. The highest BCUT2D eigenvalue weighted by atomic mass is 16.6. The first kappa shape index (κ1) is 57.4. The highest BCUT2D eigenvalue weighted by Gasteiger charge is 2.19. The molecule has 0 N–H and O–H groups in total. The lowest BCUT2D eigenvalue weighted by Gasteiger charge is -2.18. The van der Waals surface area contributed by atoms with E-state index in [9.17, 15) is 14.4 Å². The summed E-state index contributed by atoms with van der Waals surface area (Å²) in [6.07, 6.45) is 46.6. The van der Waals surface area contributed by atoms with Gasteiger partial charge in [0.15, 0.2) is 6.10 Å². The minimum Gasteiger partial charge on any atom is -0.462 e. The summed E-state index contributed by atoms with van der Waals surface area (Å²) >= 11 is 0. The van der Waals surface area contributed by atoms with Crippen molar-refractivity contribution in [3.8, 4) is 0 Å². The van der Waals surface area contributed by atoms with Crippen molar-refractivity contribution in [1.82, 2.24) is 0 Å². The monoisotopic (exact) mass is 835 g/mol. The van der Waals surface area contributed by atoms with Gasteiger partial charge in [-0.15, -0.1) is 0 Å². The fourth-order valence-electron chi connectivity index (χ4n) is 7.99. The zero-order valence-corrected chi connectivity index (χ0v) is 40.4. The minimum atomic E-state index is -0.761. The molecule has 0 fully saturated rings. The van der Waals surface area contributed by atoms with Crippen LogP contribution >= 0.6 is 0 Å². The second kappa shape index (κ2) is 45.9. The largest absolute Gasteiger partial charge is 0.462 e. The zero-order valence-electron chi connectivity index (χ0n) is 40.4. The van der Waals surface area contributed by atoms with Crippen LogP contribution in [-0.4, -0.2) is 37.2 Å². The van der Waals surface area contributed by atoms with Crippen LogP contribution in [0.1, 0.15) is 291 Å². The van der Waals surface area contributed by atoms with Gasteiger partial charge in [-0.05, 0) is 31.1 Å². The summed E-state index contributed by atoms with van der Waals surface area (Å²) < 4.78 is 16.8. The molecule has 350 valence electrons. The second-order valence-electron chi connectivity index (χ2n) is 19.1. The molecule has 0 aliphatic rings. The fraction of sp³-hybridized carbons (Fsp3) is 0.943. The van der Waals surface area contributed by atoms with Crippen molar-refractivity contribution in [2.75, 3.05) is 13.2 Å². The lowest BCUT2D eigenvalue weighted by Crippen LogP contribution is -2.30. The molecule has 59 heavy (non-hydrogen) atoms. The Labute approximate surface area is 368 Å². The first-order valence-corrected chi connectivity index (χ1v) is 26.2. The first-order valence-electron chi connectivity index (χ1n) is 26.2. The number of rotatable bonds is 47. The summed E-state index contributed by atoms with van der Waals surface area (Å²) in [7, 11) is 0. The molecule has 6 heteroatoms. The van der Waals surface area contributed by atoms with Crippen LogP contribution in [0.4, 0.5) is 0 Å². The van der Waals surface area contributed by atoms with Crippen LogP contribution < -0.4 is 0 Å². The van der Waals surface area contributed by atoms with Crippen LogP contribution in [0.2, 0.25) is 0 Å². The van der Waals surface area contributed by atoms with E-state index >= 15 is 0 Å². The Morgan fingerprint density at radius 3 is 0.831 bits per heavy atom. The molecule has 0 aromatic rings. The molecule has 0 amide bonds.